The van der Waals surface area contributed by atoms with Crippen molar-refractivity contribution >= 4 is 0 Å². The number of hydrogen-bond donors (Lipinski definition) is 0. The fourth-order valence-electron chi connectivity index (χ4n) is 5.59. The molecule has 0 amide bonds. The highest BCUT2D eigenvalue weighted by atomic mass is 15.0. The molecule has 4 aromatic carbocycles. The molecule has 0 aliphatic rings. The maximum absolute atomic E-state index is 10.0. The van der Waals surface area contributed by atoms with Crippen LogP contribution < -0.4 is 0 Å². The Morgan fingerprint density at radius 2 is 1.09 bits per heavy atom. The summed E-state index contributed by atoms with van der Waals surface area (Å²) in [5.74, 6) is 2.74. The molecule has 0 saturated heterocycles. The fourth-order valence-corrected chi connectivity index (χ4v) is 5.59. The monoisotopic (exact) mass is 558 g/mol. The van der Waals surface area contributed by atoms with Crippen molar-refractivity contribution in [1.82, 2.24) is 24.9 Å². The maximum Gasteiger partial charge on any atom is 0.163 e. The van der Waals surface area contributed by atoms with Gasteiger partial charge in [0.1, 0.15) is 17.5 Å². The first kappa shape index (κ1) is 27.6. The molecular formula is C37H30N6. The SMILES string of the molecule is Cc1nc(C)nc(-c2cccc(-c3c(-c4cccc(-c5nc(C)nc(C)c5C)c4)cccc3-c3ccccc3C#N)c2)n1. The molecule has 6 aromatic rings. The third-order valence-electron chi connectivity index (χ3n) is 7.62. The predicted octanol–water partition coefficient (Wildman–Crippen LogP) is 8.41. The van der Waals surface area contributed by atoms with Gasteiger partial charge in [-0.25, -0.2) is 24.9 Å². The second-order valence-electron chi connectivity index (χ2n) is 10.6. The molecule has 0 aliphatic heterocycles. The number of nitrogens with zero attached hydrogens (tertiary/aromatic N) is 6. The number of aromatic nitrogens is 5. The molecule has 0 unspecified atom stereocenters. The Bertz CT molecular complexity index is 2030. The average molecular weight is 559 g/mol. The van der Waals surface area contributed by atoms with Crippen molar-refractivity contribution < 1.29 is 0 Å². The van der Waals surface area contributed by atoms with E-state index in [4.69, 9.17) is 4.98 Å². The zero-order chi connectivity index (χ0) is 30.1. The van der Waals surface area contributed by atoms with Gasteiger partial charge >= 0.3 is 0 Å². The van der Waals surface area contributed by atoms with Crippen molar-refractivity contribution in [1.29, 1.82) is 5.26 Å². The van der Waals surface area contributed by atoms with E-state index in [2.05, 4.69) is 87.5 Å². The Balaban J connectivity index is 1.61. The van der Waals surface area contributed by atoms with Gasteiger partial charge in [-0.05, 0) is 86.2 Å². The average Bonchev–Trinajstić information content (AvgIpc) is 3.02. The molecule has 0 spiro atoms. The molecule has 0 bridgehead atoms. The van der Waals surface area contributed by atoms with Gasteiger partial charge in [-0.15, -0.1) is 0 Å². The Hall–Kier alpha value is -5.54. The van der Waals surface area contributed by atoms with Crippen molar-refractivity contribution in [3.63, 3.8) is 0 Å². The molecular weight excluding hydrogens is 528 g/mol. The lowest BCUT2D eigenvalue weighted by atomic mass is 9.85. The molecule has 43 heavy (non-hydrogen) atoms. The number of rotatable bonds is 5. The lowest BCUT2D eigenvalue weighted by Gasteiger charge is -2.18. The molecule has 0 aliphatic carbocycles. The zero-order valence-corrected chi connectivity index (χ0v) is 24.8. The Morgan fingerprint density at radius 1 is 0.512 bits per heavy atom. The van der Waals surface area contributed by atoms with Gasteiger partial charge in [0, 0.05) is 22.4 Å². The molecule has 6 rings (SSSR count). The number of nitriles is 1. The second kappa shape index (κ2) is 11.4. The van der Waals surface area contributed by atoms with Crippen LogP contribution in [0.3, 0.4) is 0 Å². The highest BCUT2D eigenvalue weighted by Crippen LogP contribution is 2.42. The molecule has 6 heteroatoms. The first-order chi connectivity index (χ1) is 20.8. The third-order valence-corrected chi connectivity index (χ3v) is 7.62. The van der Waals surface area contributed by atoms with Gasteiger partial charge in [-0.3, -0.25) is 0 Å². The zero-order valence-electron chi connectivity index (χ0n) is 24.8. The first-order valence-corrected chi connectivity index (χ1v) is 14.2. The minimum atomic E-state index is 0.622. The van der Waals surface area contributed by atoms with Crippen LogP contribution in [0.1, 0.15) is 34.3 Å². The summed E-state index contributed by atoms with van der Waals surface area (Å²) in [4.78, 5) is 22.9. The highest BCUT2D eigenvalue weighted by molar-refractivity contribution is 5.96. The van der Waals surface area contributed by atoms with Crippen molar-refractivity contribution in [2.45, 2.75) is 34.6 Å². The summed E-state index contributed by atoms with van der Waals surface area (Å²) in [7, 11) is 0. The lowest BCUT2D eigenvalue weighted by molar-refractivity contribution is 0.928. The molecule has 0 saturated carbocycles. The van der Waals surface area contributed by atoms with Crippen molar-refractivity contribution in [2.24, 2.45) is 0 Å². The minimum absolute atomic E-state index is 0.622. The van der Waals surface area contributed by atoms with Gasteiger partial charge in [0.05, 0.1) is 17.3 Å². The van der Waals surface area contributed by atoms with Gasteiger partial charge in [-0.1, -0.05) is 72.8 Å². The van der Waals surface area contributed by atoms with Crippen LogP contribution in [0.4, 0.5) is 0 Å². The standard InChI is InChI=1S/C37H30N6/c1-22-23(2)39-24(3)41-36(22)29-14-8-12-27(19-29)33-17-10-18-34(32-16-7-6-11-31(32)21-38)35(33)28-13-9-15-30(20-28)37-42-25(4)40-26(5)43-37/h6-20H,1-5H3. The second-order valence-corrected chi connectivity index (χ2v) is 10.6. The van der Waals surface area contributed by atoms with E-state index in [0.717, 1.165) is 67.3 Å². The summed E-state index contributed by atoms with van der Waals surface area (Å²) < 4.78 is 0. The molecule has 0 fully saturated rings. The summed E-state index contributed by atoms with van der Waals surface area (Å²) in [5.41, 5.74) is 11.5. The van der Waals surface area contributed by atoms with E-state index in [1.54, 1.807) is 0 Å². The van der Waals surface area contributed by atoms with Gasteiger partial charge in [0.2, 0.25) is 0 Å². The Morgan fingerprint density at radius 3 is 1.86 bits per heavy atom. The molecule has 0 N–H and O–H groups in total. The fraction of sp³-hybridized carbons (Fsp3) is 0.135. The van der Waals surface area contributed by atoms with Gasteiger partial charge < -0.3 is 0 Å². The molecule has 6 nitrogen and oxygen atoms in total. The van der Waals surface area contributed by atoms with E-state index in [-0.39, 0.29) is 0 Å². The normalized spacial score (nSPS) is 10.9. The summed E-state index contributed by atoms with van der Waals surface area (Å²) in [6, 6.07) is 33.2. The Kier molecular flexibility index (Phi) is 7.31. The van der Waals surface area contributed by atoms with E-state index >= 15 is 0 Å². The summed E-state index contributed by atoms with van der Waals surface area (Å²) in [6.45, 7) is 9.77. The van der Waals surface area contributed by atoms with Crippen LogP contribution in [0.2, 0.25) is 0 Å². The summed E-state index contributed by atoms with van der Waals surface area (Å²) in [5, 5.41) is 10.0. The third kappa shape index (κ3) is 5.41. The van der Waals surface area contributed by atoms with Crippen LogP contribution in [0.15, 0.2) is 91.0 Å². The van der Waals surface area contributed by atoms with Crippen LogP contribution in [-0.2, 0) is 0 Å². The minimum Gasteiger partial charge on any atom is -0.238 e. The van der Waals surface area contributed by atoms with E-state index < -0.39 is 0 Å². The number of benzene rings is 4. The topological polar surface area (TPSA) is 88.2 Å². The van der Waals surface area contributed by atoms with Gasteiger partial charge in [0.25, 0.3) is 0 Å². The molecule has 0 radical (unpaired) electrons. The summed E-state index contributed by atoms with van der Waals surface area (Å²) in [6.07, 6.45) is 0. The Labute approximate surface area is 251 Å². The number of hydrogen-bond acceptors (Lipinski definition) is 6. The van der Waals surface area contributed by atoms with E-state index in [1.165, 1.54) is 0 Å². The first-order valence-electron chi connectivity index (χ1n) is 14.2. The van der Waals surface area contributed by atoms with Crippen LogP contribution >= 0.6 is 0 Å². The van der Waals surface area contributed by atoms with Crippen LogP contribution in [-0.4, -0.2) is 24.9 Å². The highest BCUT2D eigenvalue weighted by Gasteiger charge is 2.18. The van der Waals surface area contributed by atoms with E-state index in [1.807, 2.05) is 64.1 Å². The van der Waals surface area contributed by atoms with Crippen molar-refractivity contribution in [3.8, 4) is 62.1 Å². The van der Waals surface area contributed by atoms with Gasteiger partial charge in [-0.2, -0.15) is 5.26 Å². The largest absolute Gasteiger partial charge is 0.238 e. The molecule has 0 atom stereocenters. The molecule has 208 valence electrons. The quantitative estimate of drug-likeness (QED) is 0.211. The predicted molar refractivity (Wildman–Crippen MR) is 171 cm³/mol. The summed E-state index contributed by atoms with van der Waals surface area (Å²) >= 11 is 0. The smallest absolute Gasteiger partial charge is 0.163 e. The molecule has 2 heterocycles. The van der Waals surface area contributed by atoms with Crippen LogP contribution in [0, 0.1) is 45.9 Å². The van der Waals surface area contributed by atoms with Gasteiger partial charge in [0.15, 0.2) is 5.82 Å². The van der Waals surface area contributed by atoms with E-state index in [9.17, 15) is 5.26 Å². The maximum atomic E-state index is 10.0. The molecule has 2 aromatic heterocycles. The van der Waals surface area contributed by atoms with Crippen LogP contribution in [0.25, 0.3) is 56.0 Å². The van der Waals surface area contributed by atoms with Crippen LogP contribution in [0.5, 0.6) is 0 Å². The van der Waals surface area contributed by atoms with E-state index in [0.29, 0.717) is 23.0 Å². The number of aryl methyl sites for hydroxylation is 4. The van der Waals surface area contributed by atoms with Crippen molar-refractivity contribution in [2.75, 3.05) is 0 Å². The lowest BCUT2D eigenvalue weighted by Crippen LogP contribution is -1.99. The van der Waals surface area contributed by atoms with Crippen molar-refractivity contribution in [3.05, 3.63) is 125 Å².